The number of hydrogen-bond acceptors (Lipinski definition) is 8. The van der Waals surface area contributed by atoms with Crippen molar-refractivity contribution < 1.29 is 9.53 Å². The summed E-state index contributed by atoms with van der Waals surface area (Å²) in [6, 6.07) is 8.70. The number of alkyl carbamates (subject to hydrolysis) is 1. The molecule has 1 aromatic carbocycles. The van der Waals surface area contributed by atoms with E-state index < -0.39 is 5.60 Å². The number of amides is 1. The number of unbranched alkanes of at least 4 members (excludes halogenated alkanes) is 1. The van der Waals surface area contributed by atoms with Crippen molar-refractivity contribution in [3.63, 3.8) is 0 Å². The van der Waals surface area contributed by atoms with Gasteiger partial charge in [-0.25, -0.2) is 9.78 Å². The SMILES string of the molecule is Cc1nnc2c(NCCCCNC(=O)OC(C)(C)C)nc3cc(N4CCc5sccc5C4)ccc3n12. The van der Waals surface area contributed by atoms with Crippen molar-refractivity contribution >= 4 is 45.6 Å². The average Bonchev–Trinajstić information content (AvgIpc) is 3.46. The van der Waals surface area contributed by atoms with E-state index in [1.807, 2.05) is 39.0 Å². The monoisotopic (exact) mass is 507 g/mol. The van der Waals surface area contributed by atoms with E-state index in [4.69, 9.17) is 9.72 Å². The topological polar surface area (TPSA) is 96.7 Å². The Kier molecular flexibility index (Phi) is 6.70. The zero-order valence-electron chi connectivity index (χ0n) is 21.3. The summed E-state index contributed by atoms with van der Waals surface area (Å²) in [5, 5.41) is 17.1. The van der Waals surface area contributed by atoms with Crippen LogP contribution in [-0.2, 0) is 17.7 Å². The molecule has 0 saturated heterocycles. The number of thiophene rings is 1. The number of aromatic nitrogens is 4. The van der Waals surface area contributed by atoms with E-state index in [-0.39, 0.29) is 6.09 Å². The molecule has 10 heteroatoms. The molecule has 0 fully saturated rings. The summed E-state index contributed by atoms with van der Waals surface area (Å²) in [5.41, 5.74) is 4.74. The smallest absolute Gasteiger partial charge is 0.407 e. The van der Waals surface area contributed by atoms with Gasteiger partial charge in [0.2, 0.25) is 5.65 Å². The van der Waals surface area contributed by atoms with Crippen LogP contribution in [0, 0.1) is 6.92 Å². The molecule has 36 heavy (non-hydrogen) atoms. The number of benzene rings is 1. The largest absolute Gasteiger partial charge is 0.444 e. The highest BCUT2D eigenvalue weighted by molar-refractivity contribution is 7.10. The summed E-state index contributed by atoms with van der Waals surface area (Å²) in [5.74, 6) is 1.55. The van der Waals surface area contributed by atoms with Crippen LogP contribution in [0.3, 0.4) is 0 Å². The standard InChI is InChI=1S/C26H33N7O2S/c1-17-30-31-24-23(27-11-5-6-12-28-25(34)35-26(2,3)4)29-20-15-19(7-8-21(20)33(17)24)32-13-9-22-18(16-32)10-14-36-22/h7-8,10,14-15H,5-6,9,11-13,16H2,1-4H3,(H,27,29)(H,28,34). The van der Waals surface area contributed by atoms with Crippen molar-refractivity contribution in [1.82, 2.24) is 24.9 Å². The lowest BCUT2D eigenvalue weighted by atomic mass is 10.1. The molecular formula is C26H33N7O2S. The van der Waals surface area contributed by atoms with Crippen LogP contribution in [0.15, 0.2) is 29.6 Å². The van der Waals surface area contributed by atoms with Crippen LogP contribution in [0.5, 0.6) is 0 Å². The molecule has 3 aromatic heterocycles. The molecule has 0 saturated carbocycles. The summed E-state index contributed by atoms with van der Waals surface area (Å²) < 4.78 is 7.34. The lowest BCUT2D eigenvalue weighted by Gasteiger charge is -2.29. The Hall–Kier alpha value is -3.40. The summed E-state index contributed by atoms with van der Waals surface area (Å²) >= 11 is 1.86. The zero-order chi connectivity index (χ0) is 25.3. The second-order valence-electron chi connectivity index (χ2n) is 10.1. The second kappa shape index (κ2) is 9.93. The lowest BCUT2D eigenvalue weighted by molar-refractivity contribution is 0.0527. The van der Waals surface area contributed by atoms with Gasteiger partial charge in [-0.05, 0) is 82.2 Å². The fourth-order valence-corrected chi connectivity index (χ4v) is 5.40. The lowest BCUT2D eigenvalue weighted by Crippen LogP contribution is -2.33. The fourth-order valence-electron chi connectivity index (χ4n) is 4.51. The predicted octanol–water partition coefficient (Wildman–Crippen LogP) is 4.93. The number of ether oxygens (including phenoxy) is 1. The minimum absolute atomic E-state index is 0.382. The quantitative estimate of drug-likeness (QED) is 0.343. The molecule has 0 unspecified atom stereocenters. The van der Waals surface area contributed by atoms with Crippen molar-refractivity contribution in [1.29, 1.82) is 0 Å². The van der Waals surface area contributed by atoms with Crippen LogP contribution in [0.1, 0.15) is 49.9 Å². The van der Waals surface area contributed by atoms with Gasteiger partial charge in [0, 0.05) is 36.7 Å². The number of carbonyl (C=O) groups excluding carboxylic acids is 1. The van der Waals surface area contributed by atoms with Crippen molar-refractivity contribution in [3.8, 4) is 0 Å². The average molecular weight is 508 g/mol. The fraction of sp³-hybridized carbons (Fsp3) is 0.462. The van der Waals surface area contributed by atoms with Crippen LogP contribution < -0.4 is 15.5 Å². The molecule has 4 aromatic rings. The molecule has 0 aliphatic carbocycles. The van der Waals surface area contributed by atoms with Gasteiger partial charge in [-0.2, -0.15) is 0 Å². The highest BCUT2D eigenvalue weighted by Gasteiger charge is 2.20. The van der Waals surface area contributed by atoms with E-state index in [2.05, 4.69) is 59.8 Å². The molecule has 190 valence electrons. The van der Waals surface area contributed by atoms with E-state index in [9.17, 15) is 4.79 Å². The first-order valence-electron chi connectivity index (χ1n) is 12.4. The first-order chi connectivity index (χ1) is 17.3. The third-order valence-corrected chi connectivity index (χ3v) is 7.23. The minimum atomic E-state index is -0.490. The number of aryl methyl sites for hydroxylation is 1. The predicted molar refractivity (Wildman–Crippen MR) is 144 cm³/mol. The maximum absolute atomic E-state index is 11.8. The Bertz CT molecular complexity index is 1390. The second-order valence-corrected chi connectivity index (χ2v) is 11.1. The van der Waals surface area contributed by atoms with Crippen molar-refractivity contribution in [2.24, 2.45) is 0 Å². The van der Waals surface area contributed by atoms with E-state index in [1.165, 1.54) is 16.1 Å². The zero-order valence-corrected chi connectivity index (χ0v) is 22.1. The molecule has 0 bridgehead atoms. The first-order valence-corrected chi connectivity index (χ1v) is 13.3. The van der Waals surface area contributed by atoms with Gasteiger partial charge in [0.05, 0.1) is 11.0 Å². The highest BCUT2D eigenvalue weighted by Crippen LogP contribution is 2.30. The molecule has 0 spiro atoms. The summed E-state index contributed by atoms with van der Waals surface area (Å²) in [4.78, 5) is 20.7. The van der Waals surface area contributed by atoms with Gasteiger partial charge < -0.3 is 20.3 Å². The van der Waals surface area contributed by atoms with Crippen molar-refractivity contribution in [2.45, 2.75) is 59.1 Å². The normalized spacial score (nSPS) is 13.7. The number of anilines is 2. The molecular weight excluding hydrogens is 474 g/mol. The maximum atomic E-state index is 11.8. The number of hydrogen-bond donors (Lipinski definition) is 2. The van der Waals surface area contributed by atoms with Gasteiger partial charge in [-0.1, -0.05) is 0 Å². The number of nitrogens with one attached hydrogen (secondary N) is 2. The summed E-state index contributed by atoms with van der Waals surface area (Å²) in [7, 11) is 0. The van der Waals surface area contributed by atoms with E-state index in [1.54, 1.807) is 0 Å². The number of rotatable bonds is 7. The summed E-state index contributed by atoms with van der Waals surface area (Å²) in [6.07, 6.45) is 2.39. The molecule has 1 amide bonds. The van der Waals surface area contributed by atoms with Gasteiger partial charge in [0.1, 0.15) is 11.4 Å². The number of nitrogens with zero attached hydrogens (tertiary/aromatic N) is 5. The number of fused-ring (bicyclic) bond motifs is 4. The molecule has 2 N–H and O–H groups in total. The molecule has 0 radical (unpaired) electrons. The number of carbonyl (C=O) groups is 1. The van der Waals surface area contributed by atoms with E-state index in [0.29, 0.717) is 13.1 Å². The molecule has 4 heterocycles. The molecule has 1 aliphatic rings. The molecule has 5 rings (SSSR count). The Morgan fingerprint density at radius 2 is 2.00 bits per heavy atom. The van der Waals surface area contributed by atoms with Crippen LogP contribution >= 0.6 is 11.3 Å². The molecule has 0 atom stereocenters. The van der Waals surface area contributed by atoms with Crippen LogP contribution in [0.25, 0.3) is 16.7 Å². The van der Waals surface area contributed by atoms with E-state index in [0.717, 1.165) is 60.7 Å². The van der Waals surface area contributed by atoms with Crippen LogP contribution in [-0.4, -0.2) is 50.9 Å². The van der Waals surface area contributed by atoms with Crippen LogP contribution in [0.2, 0.25) is 0 Å². The maximum Gasteiger partial charge on any atom is 0.407 e. The summed E-state index contributed by atoms with van der Waals surface area (Å²) in [6.45, 7) is 10.7. The van der Waals surface area contributed by atoms with Gasteiger partial charge in [-0.3, -0.25) is 4.40 Å². The van der Waals surface area contributed by atoms with Crippen LogP contribution in [0.4, 0.5) is 16.3 Å². The Labute approximate surface area is 214 Å². The van der Waals surface area contributed by atoms with Gasteiger partial charge in [-0.15, -0.1) is 21.5 Å². The Balaban J connectivity index is 1.28. The van der Waals surface area contributed by atoms with Crippen molar-refractivity contribution in [2.75, 3.05) is 29.9 Å². The third-order valence-electron chi connectivity index (χ3n) is 6.21. The van der Waals surface area contributed by atoms with Crippen molar-refractivity contribution in [3.05, 3.63) is 45.9 Å². The molecule has 1 aliphatic heterocycles. The van der Waals surface area contributed by atoms with Gasteiger partial charge >= 0.3 is 6.09 Å². The van der Waals surface area contributed by atoms with E-state index >= 15 is 0 Å². The minimum Gasteiger partial charge on any atom is -0.444 e. The highest BCUT2D eigenvalue weighted by atomic mass is 32.1. The first kappa shape index (κ1) is 24.3. The van der Waals surface area contributed by atoms with Gasteiger partial charge in [0.15, 0.2) is 5.82 Å². The molecule has 9 nitrogen and oxygen atoms in total. The Morgan fingerprint density at radius 1 is 1.17 bits per heavy atom. The third kappa shape index (κ3) is 5.23. The Morgan fingerprint density at radius 3 is 2.83 bits per heavy atom. The van der Waals surface area contributed by atoms with Gasteiger partial charge in [0.25, 0.3) is 0 Å².